The highest BCUT2D eigenvalue weighted by Gasteiger charge is 2.42. The smallest absolute Gasteiger partial charge is 0.317 e. The summed E-state index contributed by atoms with van der Waals surface area (Å²) in [6.45, 7) is 6.60. The molecule has 0 aromatic carbocycles. The molecule has 1 heterocycles. The molecule has 0 saturated carbocycles. The van der Waals surface area contributed by atoms with Crippen molar-refractivity contribution >= 4 is 12.0 Å². The number of aliphatic carboxylic acids is 1. The molecule has 6 heteroatoms. The molecule has 1 atom stereocenters. The third-order valence-corrected chi connectivity index (χ3v) is 4.46. The van der Waals surface area contributed by atoms with E-state index in [4.69, 9.17) is 5.11 Å². The maximum Gasteiger partial charge on any atom is 0.317 e. The standard InChI is InChI=1S/C14H26N2O4/c1-4-14(20,5-2)6-8-15-12(19)16-9-7-13(3,10-16)11(17)18/h20H,4-10H2,1-3H3,(H,15,19)(H,17,18). The van der Waals surface area contributed by atoms with Crippen LogP contribution in [0.25, 0.3) is 0 Å². The number of hydrogen-bond donors (Lipinski definition) is 3. The molecule has 3 N–H and O–H groups in total. The average Bonchev–Trinajstić information content (AvgIpc) is 2.82. The fourth-order valence-corrected chi connectivity index (χ4v) is 2.43. The van der Waals surface area contributed by atoms with Gasteiger partial charge in [-0.05, 0) is 32.6 Å². The Balaban J connectivity index is 2.40. The minimum Gasteiger partial charge on any atom is -0.481 e. The van der Waals surface area contributed by atoms with Gasteiger partial charge in [0.15, 0.2) is 0 Å². The van der Waals surface area contributed by atoms with E-state index in [1.54, 1.807) is 6.92 Å². The van der Waals surface area contributed by atoms with Crippen molar-refractivity contribution in [1.82, 2.24) is 10.2 Å². The van der Waals surface area contributed by atoms with Gasteiger partial charge in [0, 0.05) is 19.6 Å². The third kappa shape index (κ3) is 3.85. The number of carbonyl (C=O) groups is 2. The number of carboxylic acids is 1. The minimum absolute atomic E-state index is 0.236. The number of carbonyl (C=O) groups excluding carboxylic acids is 1. The predicted molar refractivity (Wildman–Crippen MR) is 75.5 cm³/mol. The molecule has 2 amide bonds. The molecule has 1 unspecified atom stereocenters. The molecule has 0 aromatic rings. The van der Waals surface area contributed by atoms with Crippen LogP contribution in [-0.2, 0) is 4.79 Å². The molecule has 116 valence electrons. The summed E-state index contributed by atoms with van der Waals surface area (Å²) in [6, 6.07) is -0.246. The molecule has 20 heavy (non-hydrogen) atoms. The Bertz CT molecular complexity index is 368. The number of aliphatic hydroxyl groups is 1. The second-order valence-corrected chi connectivity index (χ2v) is 5.95. The van der Waals surface area contributed by atoms with Crippen LogP contribution in [0.4, 0.5) is 4.79 Å². The maximum absolute atomic E-state index is 12.0. The minimum atomic E-state index is -0.862. The van der Waals surface area contributed by atoms with Crippen LogP contribution in [0, 0.1) is 5.41 Å². The van der Waals surface area contributed by atoms with Crippen LogP contribution >= 0.6 is 0 Å². The van der Waals surface area contributed by atoms with E-state index in [0.717, 1.165) is 0 Å². The van der Waals surface area contributed by atoms with Gasteiger partial charge in [0.25, 0.3) is 0 Å². The number of hydrogen-bond acceptors (Lipinski definition) is 3. The molecular formula is C14H26N2O4. The Kier molecular flexibility index (Phi) is 5.39. The van der Waals surface area contributed by atoms with E-state index in [2.05, 4.69) is 5.32 Å². The molecule has 1 fully saturated rings. The number of nitrogens with one attached hydrogen (secondary N) is 1. The summed E-state index contributed by atoms with van der Waals surface area (Å²) in [5.74, 6) is -0.862. The molecule has 0 radical (unpaired) electrons. The van der Waals surface area contributed by atoms with E-state index in [9.17, 15) is 14.7 Å². The summed E-state index contributed by atoms with van der Waals surface area (Å²) in [6.07, 6.45) is 2.29. The van der Waals surface area contributed by atoms with Crippen LogP contribution in [-0.4, -0.2) is 52.3 Å². The quantitative estimate of drug-likeness (QED) is 0.689. The van der Waals surface area contributed by atoms with Gasteiger partial charge in [-0.25, -0.2) is 4.79 Å². The van der Waals surface area contributed by atoms with Crippen LogP contribution in [0.3, 0.4) is 0 Å². The first kappa shape index (κ1) is 16.8. The lowest BCUT2D eigenvalue weighted by atomic mass is 9.90. The van der Waals surface area contributed by atoms with Crippen molar-refractivity contribution in [3.05, 3.63) is 0 Å². The summed E-state index contributed by atoms with van der Waals surface area (Å²) in [5, 5.41) is 22.0. The van der Waals surface area contributed by atoms with Gasteiger partial charge in [-0.15, -0.1) is 0 Å². The Morgan fingerprint density at radius 3 is 2.40 bits per heavy atom. The van der Waals surface area contributed by atoms with Crippen molar-refractivity contribution in [2.45, 2.75) is 52.1 Å². The topological polar surface area (TPSA) is 89.9 Å². The zero-order chi connectivity index (χ0) is 15.4. The lowest BCUT2D eigenvalue weighted by Gasteiger charge is -2.26. The van der Waals surface area contributed by atoms with Crippen LogP contribution in [0.1, 0.15) is 46.5 Å². The number of rotatable bonds is 6. The fourth-order valence-electron chi connectivity index (χ4n) is 2.43. The van der Waals surface area contributed by atoms with Crippen molar-refractivity contribution in [2.75, 3.05) is 19.6 Å². The van der Waals surface area contributed by atoms with E-state index in [1.165, 1.54) is 4.90 Å². The van der Waals surface area contributed by atoms with Crippen LogP contribution in [0.5, 0.6) is 0 Å². The highest BCUT2D eigenvalue weighted by Crippen LogP contribution is 2.30. The lowest BCUT2D eigenvalue weighted by Crippen LogP contribution is -2.42. The molecule has 1 saturated heterocycles. The zero-order valence-corrected chi connectivity index (χ0v) is 12.6. The van der Waals surface area contributed by atoms with E-state index in [0.29, 0.717) is 38.8 Å². The number of urea groups is 1. The van der Waals surface area contributed by atoms with E-state index in [-0.39, 0.29) is 12.6 Å². The van der Waals surface area contributed by atoms with Crippen LogP contribution < -0.4 is 5.32 Å². The van der Waals surface area contributed by atoms with Gasteiger partial charge in [-0.3, -0.25) is 4.79 Å². The van der Waals surface area contributed by atoms with Gasteiger partial charge in [0.1, 0.15) is 0 Å². The summed E-state index contributed by atoms with van der Waals surface area (Å²) < 4.78 is 0. The van der Waals surface area contributed by atoms with Crippen LogP contribution in [0.2, 0.25) is 0 Å². The second kappa shape index (κ2) is 6.43. The summed E-state index contributed by atoms with van der Waals surface area (Å²) >= 11 is 0. The van der Waals surface area contributed by atoms with E-state index in [1.807, 2.05) is 13.8 Å². The molecule has 1 aliphatic rings. The number of carboxylic acid groups (broad SMARTS) is 1. The van der Waals surface area contributed by atoms with Crippen molar-refractivity contribution in [1.29, 1.82) is 0 Å². The second-order valence-electron chi connectivity index (χ2n) is 5.95. The molecular weight excluding hydrogens is 260 g/mol. The largest absolute Gasteiger partial charge is 0.481 e. The van der Waals surface area contributed by atoms with Crippen LogP contribution in [0.15, 0.2) is 0 Å². The number of amides is 2. The maximum atomic E-state index is 12.0. The summed E-state index contributed by atoms with van der Waals surface area (Å²) in [7, 11) is 0. The first-order valence-electron chi connectivity index (χ1n) is 7.25. The van der Waals surface area contributed by atoms with Crippen molar-refractivity contribution in [3.63, 3.8) is 0 Å². The van der Waals surface area contributed by atoms with Gasteiger partial charge < -0.3 is 20.4 Å². The molecule has 1 aliphatic heterocycles. The van der Waals surface area contributed by atoms with Gasteiger partial charge in [-0.2, -0.15) is 0 Å². The monoisotopic (exact) mass is 286 g/mol. The highest BCUT2D eigenvalue weighted by atomic mass is 16.4. The van der Waals surface area contributed by atoms with Gasteiger partial charge in [-0.1, -0.05) is 13.8 Å². The van der Waals surface area contributed by atoms with Crippen molar-refractivity contribution in [2.24, 2.45) is 5.41 Å². The van der Waals surface area contributed by atoms with Gasteiger partial charge in [0.05, 0.1) is 11.0 Å². The highest BCUT2D eigenvalue weighted by molar-refractivity contribution is 5.79. The Morgan fingerprint density at radius 1 is 1.35 bits per heavy atom. The molecule has 0 aliphatic carbocycles. The summed E-state index contributed by atoms with van der Waals surface area (Å²) in [4.78, 5) is 24.6. The molecule has 0 aromatic heterocycles. The first-order chi connectivity index (χ1) is 9.26. The average molecular weight is 286 g/mol. The lowest BCUT2D eigenvalue weighted by molar-refractivity contribution is -0.146. The fraction of sp³-hybridized carbons (Fsp3) is 0.857. The number of nitrogens with zero attached hydrogens (tertiary/aromatic N) is 1. The number of likely N-dealkylation sites (tertiary alicyclic amines) is 1. The molecule has 0 spiro atoms. The van der Waals surface area contributed by atoms with Crippen molar-refractivity contribution in [3.8, 4) is 0 Å². The van der Waals surface area contributed by atoms with Gasteiger partial charge >= 0.3 is 12.0 Å². The molecule has 1 rings (SSSR count). The molecule has 0 bridgehead atoms. The van der Waals surface area contributed by atoms with E-state index >= 15 is 0 Å². The predicted octanol–water partition coefficient (Wildman–Crippen LogP) is 1.43. The Hall–Kier alpha value is -1.30. The SMILES string of the molecule is CCC(O)(CC)CCNC(=O)N1CCC(C)(C(=O)O)C1. The summed E-state index contributed by atoms with van der Waals surface area (Å²) in [5.41, 5.74) is -1.57. The Morgan fingerprint density at radius 2 is 1.95 bits per heavy atom. The zero-order valence-electron chi connectivity index (χ0n) is 12.6. The third-order valence-electron chi connectivity index (χ3n) is 4.46. The van der Waals surface area contributed by atoms with E-state index < -0.39 is 17.0 Å². The van der Waals surface area contributed by atoms with Gasteiger partial charge in [0.2, 0.25) is 0 Å². The normalized spacial score (nSPS) is 22.9. The van der Waals surface area contributed by atoms with Crippen molar-refractivity contribution < 1.29 is 19.8 Å². The molecule has 6 nitrogen and oxygen atoms in total. The first-order valence-corrected chi connectivity index (χ1v) is 7.25. The Labute approximate surface area is 120 Å².